The van der Waals surface area contributed by atoms with Gasteiger partial charge >= 0.3 is 0 Å². The number of benzene rings is 2. The number of likely N-dealkylation sites (tertiary alicyclic amines) is 1. The third-order valence-electron chi connectivity index (χ3n) is 7.45. The maximum Gasteiger partial charge on any atom is 0.234 e. The lowest BCUT2D eigenvalue weighted by Crippen LogP contribution is -2.38. The average Bonchev–Trinajstić information content (AvgIpc) is 3.47. The van der Waals surface area contributed by atoms with E-state index in [0.717, 1.165) is 46.6 Å². The summed E-state index contributed by atoms with van der Waals surface area (Å²) >= 11 is 1.61. The summed E-state index contributed by atoms with van der Waals surface area (Å²) in [5.74, 6) is 1.04. The zero-order chi connectivity index (χ0) is 26.3. The van der Waals surface area contributed by atoms with Gasteiger partial charge in [0.15, 0.2) is 0 Å². The molecule has 3 atom stereocenters. The predicted octanol–water partition coefficient (Wildman–Crippen LogP) is 5.23. The third-order valence-corrected chi connectivity index (χ3v) is 8.94. The summed E-state index contributed by atoms with van der Waals surface area (Å²) in [6.45, 7) is 12.4. The SMILES string of the molecule is CC(=O)N1CCC(CNC(=O)C2Sc3ccc4cnc(Nc5cccc(C(C)(C)C)c5)nc4c3[C@@H]2C)C1. The Labute approximate surface area is 222 Å². The highest BCUT2D eigenvalue weighted by Crippen LogP contribution is 2.48. The van der Waals surface area contributed by atoms with Crippen LogP contribution in [0.2, 0.25) is 0 Å². The number of anilines is 2. The van der Waals surface area contributed by atoms with Crippen molar-refractivity contribution >= 4 is 46.1 Å². The first-order valence-corrected chi connectivity index (χ1v) is 13.8. The first-order valence-electron chi connectivity index (χ1n) is 13.0. The van der Waals surface area contributed by atoms with Crippen molar-refractivity contribution in [3.63, 3.8) is 0 Å². The largest absolute Gasteiger partial charge is 0.355 e. The molecule has 2 aliphatic heterocycles. The summed E-state index contributed by atoms with van der Waals surface area (Å²) in [6, 6.07) is 12.5. The van der Waals surface area contributed by atoms with Crippen LogP contribution in [0.5, 0.6) is 0 Å². The van der Waals surface area contributed by atoms with Crippen LogP contribution in [0.1, 0.15) is 58.1 Å². The highest BCUT2D eigenvalue weighted by atomic mass is 32.2. The van der Waals surface area contributed by atoms with Gasteiger partial charge in [-0.05, 0) is 47.1 Å². The fourth-order valence-corrected chi connectivity index (χ4v) is 6.56. The van der Waals surface area contributed by atoms with Gasteiger partial charge in [0.25, 0.3) is 0 Å². The molecule has 0 bridgehead atoms. The molecule has 2 unspecified atom stereocenters. The molecule has 0 radical (unpaired) electrons. The molecule has 0 spiro atoms. The Morgan fingerprint density at radius 1 is 1.19 bits per heavy atom. The molecule has 8 heteroatoms. The molecule has 2 aromatic carbocycles. The minimum atomic E-state index is -0.208. The monoisotopic (exact) mass is 517 g/mol. The van der Waals surface area contributed by atoms with Gasteiger partial charge in [-0.15, -0.1) is 11.8 Å². The standard InChI is InChI=1S/C29H35N5O2S/c1-17-24-23(37-26(17)27(36)30-14-19-11-12-34(16-19)18(2)35)10-9-20-15-31-28(33-25(20)24)32-22-8-6-7-21(13-22)29(3,4)5/h6-10,13,15,17,19,26H,11-12,14,16H2,1-5H3,(H,30,36)(H,31,32,33)/t17-,19?,26?/m0/s1. The number of fused-ring (bicyclic) bond motifs is 3. The molecule has 3 aromatic rings. The van der Waals surface area contributed by atoms with Crippen LogP contribution in [0.4, 0.5) is 11.6 Å². The van der Waals surface area contributed by atoms with Crippen molar-refractivity contribution in [1.82, 2.24) is 20.2 Å². The van der Waals surface area contributed by atoms with Crippen molar-refractivity contribution in [1.29, 1.82) is 0 Å². The van der Waals surface area contributed by atoms with E-state index in [2.05, 4.69) is 61.5 Å². The summed E-state index contributed by atoms with van der Waals surface area (Å²) in [4.78, 5) is 37.2. The third kappa shape index (κ3) is 5.30. The van der Waals surface area contributed by atoms with Gasteiger partial charge in [-0.2, -0.15) is 0 Å². The molecular weight excluding hydrogens is 482 g/mol. The first-order chi connectivity index (χ1) is 17.6. The number of hydrogen-bond donors (Lipinski definition) is 2. The van der Waals surface area contributed by atoms with Gasteiger partial charge in [-0.3, -0.25) is 9.59 Å². The Balaban J connectivity index is 1.32. The highest BCUT2D eigenvalue weighted by Gasteiger charge is 2.37. The van der Waals surface area contributed by atoms with Crippen molar-refractivity contribution < 1.29 is 9.59 Å². The van der Waals surface area contributed by atoms with Crippen molar-refractivity contribution in [3.05, 3.63) is 53.7 Å². The van der Waals surface area contributed by atoms with Crippen LogP contribution in [0.15, 0.2) is 47.5 Å². The summed E-state index contributed by atoms with van der Waals surface area (Å²) < 4.78 is 0. The molecule has 1 aromatic heterocycles. The number of hydrogen-bond acceptors (Lipinski definition) is 6. The highest BCUT2D eigenvalue weighted by molar-refractivity contribution is 8.01. The number of aromatic nitrogens is 2. The van der Waals surface area contributed by atoms with Crippen molar-refractivity contribution in [2.75, 3.05) is 25.0 Å². The topological polar surface area (TPSA) is 87.2 Å². The molecular formula is C29H35N5O2S. The van der Waals surface area contributed by atoms with Crippen LogP contribution in [0.3, 0.4) is 0 Å². The maximum absolute atomic E-state index is 13.2. The van der Waals surface area contributed by atoms with E-state index in [4.69, 9.17) is 4.98 Å². The lowest BCUT2D eigenvalue weighted by Gasteiger charge is -2.20. The number of nitrogens with zero attached hydrogens (tertiary/aromatic N) is 3. The van der Waals surface area contributed by atoms with Crippen LogP contribution in [0.25, 0.3) is 10.9 Å². The van der Waals surface area contributed by atoms with Gasteiger partial charge in [-0.1, -0.05) is 45.9 Å². The quantitative estimate of drug-likeness (QED) is 0.482. The van der Waals surface area contributed by atoms with E-state index in [9.17, 15) is 9.59 Å². The van der Waals surface area contributed by atoms with Crippen molar-refractivity contribution in [2.24, 2.45) is 5.92 Å². The second-order valence-corrected chi connectivity index (χ2v) is 12.4. The fourth-order valence-electron chi connectivity index (χ4n) is 5.20. The molecule has 2 aliphatic rings. The lowest BCUT2D eigenvalue weighted by atomic mass is 9.87. The average molecular weight is 518 g/mol. The van der Waals surface area contributed by atoms with Crippen molar-refractivity contribution in [3.8, 4) is 0 Å². The zero-order valence-corrected chi connectivity index (χ0v) is 23.0. The van der Waals surface area contributed by atoms with Crippen LogP contribution >= 0.6 is 11.8 Å². The summed E-state index contributed by atoms with van der Waals surface area (Å²) in [7, 11) is 0. The van der Waals surface area contributed by atoms with Gasteiger partial charge in [-0.25, -0.2) is 9.97 Å². The van der Waals surface area contributed by atoms with E-state index in [1.807, 2.05) is 29.3 Å². The molecule has 1 saturated heterocycles. The van der Waals surface area contributed by atoms with Gasteiger partial charge in [0.05, 0.1) is 10.8 Å². The molecule has 194 valence electrons. The zero-order valence-electron chi connectivity index (χ0n) is 22.2. The number of amides is 2. The molecule has 7 nitrogen and oxygen atoms in total. The molecule has 0 aliphatic carbocycles. The molecule has 37 heavy (non-hydrogen) atoms. The molecule has 2 amide bonds. The second-order valence-electron chi connectivity index (χ2n) is 11.3. The molecule has 5 rings (SSSR count). The van der Waals surface area contributed by atoms with E-state index in [0.29, 0.717) is 18.4 Å². The maximum atomic E-state index is 13.2. The Kier molecular flexibility index (Phi) is 6.88. The van der Waals surface area contributed by atoms with Crippen LogP contribution in [0, 0.1) is 5.92 Å². The first kappa shape index (κ1) is 25.5. The van der Waals surface area contributed by atoms with Gasteiger partial charge < -0.3 is 15.5 Å². The minimum Gasteiger partial charge on any atom is -0.355 e. The second kappa shape index (κ2) is 9.97. The van der Waals surface area contributed by atoms with Crippen molar-refractivity contribution in [2.45, 2.75) is 62.5 Å². The van der Waals surface area contributed by atoms with Gasteiger partial charge in [0.2, 0.25) is 17.8 Å². The Morgan fingerprint density at radius 3 is 2.73 bits per heavy atom. The summed E-state index contributed by atoms with van der Waals surface area (Å²) in [5, 5.41) is 7.29. The number of thioether (sulfide) groups is 1. The number of carbonyl (C=O) groups excluding carboxylic acids is 2. The molecule has 2 N–H and O–H groups in total. The van der Waals surface area contributed by atoms with Crippen LogP contribution in [-0.2, 0) is 15.0 Å². The van der Waals surface area contributed by atoms with E-state index in [1.54, 1.807) is 18.7 Å². The Morgan fingerprint density at radius 2 is 2.00 bits per heavy atom. The molecule has 3 heterocycles. The van der Waals surface area contributed by atoms with Gasteiger partial charge in [0.1, 0.15) is 0 Å². The fraction of sp³-hybridized carbons (Fsp3) is 0.448. The van der Waals surface area contributed by atoms with E-state index in [-0.39, 0.29) is 28.4 Å². The summed E-state index contributed by atoms with van der Waals surface area (Å²) in [6.07, 6.45) is 2.79. The van der Waals surface area contributed by atoms with Crippen LogP contribution in [-0.4, -0.2) is 51.6 Å². The Hall–Kier alpha value is -3.13. The molecule has 1 fully saturated rings. The van der Waals surface area contributed by atoms with Gasteiger partial charge in [0, 0.05) is 54.6 Å². The minimum absolute atomic E-state index is 0.0213. The van der Waals surface area contributed by atoms with Crippen LogP contribution < -0.4 is 10.6 Å². The summed E-state index contributed by atoms with van der Waals surface area (Å²) in [5.41, 5.74) is 4.25. The number of carbonyl (C=O) groups is 2. The van der Waals surface area contributed by atoms with E-state index >= 15 is 0 Å². The smallest absolute Gasteiger partial charge is 0.234 e. The predicted molar refractivity (Wildman–Crippen MR) is 149 cm³/mol. The lowest BCUT2D eigenvalue weighted by molar-refractivity contribution is -0.127. The van der Waals surface area contributed by atoms with E-state index in [1.165, 1.54) is 5.56 Å². The normalized spacial score (nSPS) is 21.2. The molecule has 0 saturated carbocycles. The Bertz CT molecular complexity index is 1350. The number of rotatable bonds is 5. The number of nitrogens with one attached hydrogen (secondary N) is 2. The van der Waals surface area contributed by atoms with E-state index < -0.39 is 0 Å².